The fourth-order valence-electron chi connectivity index (χ4n) is 3.85. The van der Waals surface area contributed by atoms with E-state index in [1.54, 1.807) is 0 Å². The Labute approximate surface area is 136 Å². The molecule has 122 valence electrons. The first-order chi connectivity index (χ1) is 11.3. The Morgan fingerprint density at radius 2 is 2.09 bits per heavy atom. The van der Waals surface area contributed by atoms with Crippen molar-refractivity contribution in [2.45, 2.75) is 24.5 Å². The highest BCUT2D eigenvalue weighted by atomic mass is 15.4. The van der Waals surface area contributed by atoms with Gasteiger partial charge in [0.15, 0.2) is 0 Å². The number of hydrogen-bond donors (Lipinski definition) is 4. The van der Waals surface area contributed by atoms with Crippen LogP contribution in [0.2, 0.25) is 0 Å². The minimum absolute atomic E-state index is 0.0585. The molecule has 1 aromatic rings. The SMILES string of the molecule is N#CC1CC2C(CN1)NNC2c1cccc(N2CCNCC2)n1. The van der Waals surface area contributed by atoms with E-state index >= 15 is 0 Å². The maximum absolute atomic E-state index is 9.20. The molecule has 4 rings (SSSR count). The molecular formula is C16H23N7. The van der Waals surface area contributed by atoms with Crippen molar-refractivity contribution in [2.75, 3.05) is 37.6 Å². The molecule has 3 fully saturated rings. The summed E-state index contributed by atoms with van der Waals surface area (Å²) in [5, 5.41) is 15.9. The smallest absolute Gasteiger partial charge is 0.128 e. The summed E-state index contributed by atoms with van der Waals surface area (Å²) in [7, 11) is 0. The van der Waals surface area contributed by atoms with Crippen LogP contribution >= 0.6 is 0 Å². The molecule has 4 N–H and O–H groups in total. The largest absolute Gasteiger partial charge is 0.354 e. The van der Waals surface area contributed by atoms with Gasteiger partial charge in [-0.1, -0.05) is 6.07 Å². The number of piperidine rings is 1. The van der Waals surface area contributed by atoms with Crippen LogP contribution in [-0.2, 0) is 0 Å². The molecule has 1 aromatic heterocycles. The normalized spacial score (nSPS) is 34.0. The summed E-state index contributed by atoms with van der Waals surface area (Å²) in [6.07, 6.45) is 0.853. The van der Waals surface area contributed by atoms with Gasteiger partial charge in [0.1, 0.15) is 5.82 Å². The molecule has 4 atom stereocenters. The van der Waals surface area contributed by atoms with E-state index in [-0.39, 0.29) is 12.1 Å². The summed E-state index contributed by atoms with van der Waals surface area (Å²) in [5.41, 5.74) is 7.83. The average molecular weight is 313 g/mol. The summed E-state index contributed by atoms with van der Waals surface area (Å²) in [6.45, 7) is 4.84. The molecule has 3 aliphatic heterocycles. The summed E-state index contributed by atoms with van der Waals surface area (Å²) < 4.78 is 0. The maximum atomic E-state index is 9.20. The first-order valence-corrected chi connectivity index (χ1v) is 8.42. The molecule has 23 heavy (non-hydrogen) atoms. The van der Waals surface area contributed by atoms with Gasteiger partial charge < -0.3 is 15.5 Å². The van der Waals surface area contributed by atoms with E-state index < -0.39 is 0 Å². The second-order valence-electron chi connectivity index (χ2n) is 6.52. The lowest BCUT2D eigenvalue weighted by atomic mass is 9.83. The predicted octanol–water partition coefficient (Wildman–Crippen LogP) is -0.490. The minimum atomic E-state index is -0.0585. The third kappa shape index (κ3) is 2.91. The topological polar surface area (TPSA) is 88.0 Å². The monoisotopic (exact) mass is 313 g/mol. The molecule has 3 aliphatic rings. The van der Waals surface area contributed by atoms with Crippen LogP contribution in [0.5, 0.6) is 0 Å². The first-order valence-electron chi connectivity index (χ1n) is 8.42. The summed E-state index contributed by atoms with van der Waals surface area (Å²) in [6, 6.07) is 9.10. The Morgan fingerprint density at radius 1 is 1.22 bits per heavy atom. The van der Waals surface area contributed by atoms with Crippen LogP contribution in [0.3, 0.4) is 0 Å². The van der Waals surface area contributed by atoms with Crippen molar-refractivity contribution in [1.82, 2.24) is 26.5 Å². The lowest BCUT2D eigenvalue weighted by molar-refractivity contribution is 0.291. The molecule has 0 aliphatic carbocycles. The average Bonchev–Trinajstić information content (AvgIpc) is 3.05. The van der Waals surface area contributed by atoms with Crippen molar-refractivity contribution in [3.05, 3.63) is 23.9 Å². The van der Waals surface area contributed by atoms with Crippen LogP contribution in [0.25, 0.3) is 0 Å². The van der Waals surface area contributed by atoms with E-state index in [0.717, 1.165) is 50.7 Å². The van der Waals surface area contributed by atoms with Gasteiger partial charge in [0.2, 0.25) is 0 Å². The molecule has 4 unspecified atom stereocenters. The minimum Gasteiger partial charge on any atom is -0.354 e. The van der Waals surface area contributed by atoms with Crippen molar-refractivity contribution in [2.24, 2.45) is 5.92 Å². The molecule has 0 radical (unpaired) electrons. The van der Waals surface area contributed by atoms with Crippen LogP contribution in [0, 0.1) is 17.2 Å². The Hall–Kier alpha value is -1.72. The van der Waals surface area contributed by atoms with E-state index in [9.17, 15) is 5.26 Å². The molecule has 0 amide bonds. The Bertz CT molecular complexity index is 592. The van der Waals surface area contributed by atoms with Gasteiger partial charge in [-0.25, -0.2) is 10.4 Å². The number of nitriles is 1. The number of anilines is 1. The van der Waals surface area contributed by atoms with Crippen molar-refractivity contribution < 1.29 is 0 Å². The van der Waals surface area contributed by atoms with E-state index in [2.05, 4.69) is 50.7 Å². The Morgan fingerprint density at radius 3 is 2.91 bits per heavy atom. The lowest BCUT2D eigenvalue weighted by Crippen LogP contribution is -2.49. The molecule has 3 saturated heterocycles. The number of nitrogens with one attached hydrogen (secondary N) is 4. The van der Waals surface area contributed by atoms with E-state index in [0.29, 0.717) is 12.0 Å². The highest BCUT2D eigenvalue weighted by Crippen LogP contribution is 2.33. The summed E-state index contributed by atoms with van der Waals surface area (Å²) in [5.74, 6) is 1.45. The second-order valence-corrected chi connectivity index (χ2v) is 6.52. The van der Waals surface area contributed by atoms with Gasteiger partial charge in [-0.2, -0.15) is 5.26 Å². The third-order valence-corrected chi connectivity index (χ3v) is 5.13. The predicted molar refractivity (Wildman–Crippen MR) is 87.6 cm³/mol. The second kappa shape index (κ2) is 6.42. The van der Waals surface area contributed by atoms with E-state index in [1.807, 2.05) is 0 Å². The number of hydrogen-bond acceptors (Lipinski definition) is 7. The zero-order valence-corrected chi connectivity index (χ0v) is 13.1. The summed E-state index contributed by atoms with van der Waals surface area (Å²) in [4.78, 5) is 7.25. The van der Waals surface area contributed by atoms with Crippen LogP contribution in [0.1, 0.15) is 18.2 Å². The number of piperazine rings is 1. The van der Waals surface area contributed by atoms with Crippen molar-refractivity contribution in [3.63, 3.8) is 0 Å². The fraction of sp³-hybridized carbons (Fsp3) is 0.625. The van der Waals surface area contributed by atoms with E-state index in [1.165, 1.54) is 0 Å². The Balaban J connectivity index is 1.54. The van der Waals surface area contributed by atoms with Gasteiger partial charge >= 0.3 is 0 Å². The lowest BCUT2D eigenvalue weighted by Gasteiger charge is -2.32. The number of pyridine rings is 1. The standard InChI is InChI=1S/C16H23N7/c17-9-11-8-12-14(10-19-11)21-22-16(12)13-2-1-3-15(20-13)23-6-4-18-5-7-23/h1-3,11-12,14,16,18-19,21-22H,4-8,10H2. The van der Waals surface area contributed by atoms with Crippen molar-refractivity contribution in [3.8, 4) is 6.07 Å². The van der Waals surface area contributed by atoms with Crippen molar-refractivity contribution >= 4 is 5.82 Å². The molecule has 0 aromatic carbocycles. The van der Waals surface area contributed by atoms with E-state index in [4.69, 9.17) is 4.98 Å². The summed E-state index contributed by atoms with van der Waals surface area (Å²) >= 11 is 0. The van der Waals surface area contributed by atoms with Gasteiger partial charge in [-0.3, -0.25) is 5.43 Å². The molecule has 7 nitrogen and oxygen atoms in total. The maximum Gasteiger partial charge on any atom is 0.128 e. The number of fused-ring (bicyclic) bond motifs is 1. The zero-order chi connectivity index (χ0) is 15.6. The van der Waals surface area contributed by atoms with Gasteiger partial charge in [-0.05, 0) is 18.6 Å². The fourth-order valence-corrected chi connectivity index (χ4v) is 3.85. The Kier molecular flexibility index (Phi) is 4.14. The zero-order valence-electron chi connectivity index (χ0n) is 13.1. The number of rotatable bonds is 2. The molecular weight excluding hydrogens is 290 g/mol. The molecule has 0 bridgehead atoms. The number of nitrogens with zero attached hydrogens (tertiary/aromatic N) is 3. The van der Waals surface area contributed by atoms with Gasteiger partial charge in [0.25, 0.3) is 0 Å². The number of hydrazine groups is 1. The quantitative estimate of drug-likeness (QED) is 0.586. The van der Waals surface area contributed by atoms with Gasteiger partial charge in [0, 0.05) is 44.7 Å². The highest BCUT2D eigenvalue weighted by Gasteiger charge is 2.41. The third-order valence-electron chi connectivity index (χ3n) is 5.13. The van der Waals surface area contributed by atoms with Crippen LogP contribution < -0.4 is 26.4 Å². The van der Waals surface area contributed by atoms with Gasteiger partial charge in [-0.15, -0.1) is 0 Å². The molecule has 0 saturated carbocycles. The highest BCUT2D eigenvalue weighted by molar-refractivity contribution is 5.40. The first kappa shape index (κ1) is 14.8. The molecule has 4 heterocycles. The van der Waals surface area contributed by atoms with Crippen LogP contribution in [0.4, 0.5) is 5.82 Å². The molecule has 0 spiro atoms. The van der Waals surface area contributed by atoms with Crippen molar-refractivity contribution in [1.29, 1.82) is 5.26 Å². The van der Waals surface area contributed by atoms with Crippen LogP contribution in [-0.4, -0.2) is 49.8 Å². The number of aromatic nitrogens is 1. The van der Waals surface area contributed by atoms with Crippen LogP contribution in [0.15, 0.2) is 18.2 Å². The van der Waals surface area contributed by atoms with Gasteiger partial charge in [0.05, 0.1) is 23.8 Å². The molecule has 7 heteroatoms.